The molecule has 0 bridgehead atoms. The van der Waals surface area contributed by atoms with Gasteiger partial charge in [0.15, 0.2) is 5.78 Å². The molecule has 3 aromatic carbocycles. The van der Waals surface area contributed by atoms with Crippen molar-refractivity contribution in [1.82, 2.24) is 0 Å². The van der Waals surface area contributed by atoms with Gasteiger partial charge in [0.05, 0.1) is 0 Å². The lowest BCUT2D eigenvalue weighted by atomic mass is 9.97. The van der Waals surface area contributed by atoms with Crippen LogP contribution in [0, 0.1) is 5.92 Å². The van der Waals surface area contributed by atoms with Crippen LogP contribution in [-0.2, 0) is 17.6 Å². The van der Waals surface area contributed by atoms with E-state index in [0.29, 0.717) is 29.8 Å². The molecule has 0 aliphatic carbocycles. The number of phenols is 2. The quantitative estimate of drug-likeness (QED) is 0.533. The highest BCUT2D eigenvalue weighted by Crippen LogP contribution is 2.33. The van der Waals surface area contributed by atoms with E-state index in [-0.39, 0.29) is 23.2 Å². The average molecular weight is 420 g/mol. The summed E-state index contributed by atoms with van der Waals surface area (Å²) in [4.78, 5) is 26.2. The molecule has 1 atom stereocenters. The molecule has 1 amide bonds. The van der Waals surface area contributed by atoms with Crippen LogP contribution in [-0.4, -0.2) is 27.7 Å². The summed E-state index contributed by atoms with van der Waals surface area (Å²) in [5.41, 5.74) is 3.08. The predicted octanol–water partition coefficient (Wildman–Crippen LogP) is 4.43. The number of aryl methyl sites for hydroxylation is 2. The maximum absolute atomic E-state index is 12.7. The monoisotopic (exact) mass is 419 g/mol. The molecule has 6 heteroatoms. The van der Waals surface area contributed by atoms with Crippen LogP contribution in [0.1, 0.15) is 21.5 Å². The van der Waals surface area contributed by atoms with E-state index in [1.165, 1.54) is 17.8 Å². The van der Waals surface area contributed by atoms with E-state index in [0.717, 1.165) is 16.0 Å². The number of thioether (sulfide) groups is 1. The number of ketones is 1. The first kappa shape index (κ1) is 20.0. The Morgan fingerprint density at radius 1 is 1.00 bits per heavy atom. The van der Waals surface area contributed by atoms with Gasteiger partial charge in [-0.25, -0.2) is 0 Å². The summed E-state index contributed by atoms with van der Waals surface area (Å²) in [5, 5.41) is 22.1. The van der Waals surface area contributed by atoms with Crippen molar-refractivity contribution in [3.8, 4) is 11.5 Å². The van der Waals surface area contributed by atoms with Crippen LogP contribution in [0.25, 0.3) is 0 Å². The van der Waals surface area contributed by atoms with Crippen molar-refractivity contribution in [2.24, 2.45) is 5.92 Å². The molecule has 0 aromatic heterocycles. The number of hydrogen-bond acceptors (Lipinski definition) is 5. The van der Waals surface area contributed by atoms with Crippen LogP contribution >= 0.6 is 11.8 Å². The fourth-order valence-corrected chi connectivity index (χ4v) is 4.60. The Morgan fingerprint density at radius 2 is 1.77 bits per heavy atom. The zero-order valence-corrected chi connectivity index (χ0v) is 17.0. The van der Waals surface area contributed by atoms with E-state index in [4.69, 9.17) is 0 Å². The fourth-order valence-electron chi connectivity index (χ4n) is 3.45. The highest BCUT2D eigenvalue weighted by molar-refractivity contribution is 7.99. The first-order chi connectivity index (χ1) is 14.5. The molecule has 4 rings (SSSR count). The molecular weight excluding hydrogens is 398 g/mol. The molecule has 0 saturated carbocycles. The molecule has 1 unspecified atom stereocenters. The third-order valence-corrected chi connectivity index (χ3v) is 6.33. The number of fused-ring (bicyclic) bond motifs is 1. The minimum atomic E-state index is -0.693. The standard InChI is InChI=1S/C24H21NO4S/c26-18-12-9-16(21(27)13-18)8-5-15-6-10-17(11-7-15)25-24(29)20-14-30-22-4-2-1-3-19(22)23(20)28/h1-4,6-7,9-13,20,26-27H,5,8,14H2,(H,25,29). The minimum absolute atomic E-state index is 0.0367. The first-order valence-corrected chi connectivity index (χ1v) is 10.7. The molecular formula is C24H21NO4S. The lowest BCUT2D eigenvalue weighted by Crippen LogP contribution is -2.34. The van der Waals surface area contributed by atoms with Gasteiger partial charge in [-0.05, 0) is 48.2 Å². The van der Waals surface area contributed by atoms with Crippen LogP contribution < -0.4 is 5.32 Å². The second kappa shape index (κ2) is 8.63. The number of nitrogens with one attached hydrogen (secondary N) is 1. The Balaban J connectivity index is 1.36. The topological polar surface area (TPSA) is 86.6 Å². The Morgan fingerprint density at radius 3 is 2.53 bits per heavy atom. The maximum atomic E-state index is 12.7. The lowest BCUT2D eigenvalue weighted by molar-refractivity contribution is -0.118. The molecule has 30 heavy (non-hydrogen) atoms. The smallest absolute Gasteiger partial charge is 0.236 e. The van der Waals surface area contributed by atoms with E-state index in [1.807, 2.05) is 42.5 Å². The van der Waals surface area contributed by atoms with Gasteiger partial charge in [-0.15, -0.1) is 11.8 Å². The highest BCUT2D eigenvalue weighted by atomic mass is 32.2. The average Bonchev–Trinajstić information content (AvgIpc) is 2.74. The number of anilines is 1. The Hall–Kier alpha value is -3.25. The third kappa shape index (κ3) is 4.33. The molecule has 0 spiro atoms. The number of carbonyl (C=O) groups is 2. The number of benzene rings is 3. The van der Waals surface area contributed by atoms with Crippen LogP contribution in [0.15, 0.2) is 71.6 Å². The second-order valence-corrected chi connectivity index (χ2v) is 8.29. The van der Waals surface area contributed by atoms with Crippen molar-refractivity contribution in [3.05, 3.63) is 83.4 Å². The number of Topliss-reactive ketones (excluding diaryl/α,β-unsaturated/α-hetero) is 1. The summed E-state index contributed by atoms with van der Waals surface area (Å²) in [5.74, 6) is -0.557. The number of aromatic hydroxyl groups is 2. The zero-order chi connectivity index (χ0) is 21.1. The lowest BCUT2D eigenvalue weighted by Gasteiger charge is -2.22. The van der Waals surface area contributed by atoms with Gasteiger partial charge in [-0.2, -0.15) is 0 Å². The fraction of sp³-hybridized carbons (Fsp3) is 0.167. The summed E-state index contributed by atoms with van der Waals surface area (Å²) in [6, 6.07) is 19.4. The van der Waals surface area contributed by atoms with Gasteiger partial charge in [0, 0.05) is 28.0 Å². The summed E-state index contributed by atoms with van der Waals surface area (Å²) in [7, 11) is 0. The van der Waals surface area contributed by atoms with E-state index in [2.05, 4.69) is 5.32 Å². The number of phenolic OH excluding ortho intramolecular Hbond substituents is 2. The molecule has 3 N–H and O–H groups in total. The Labute approximate surface area is 178 Å². The maximum Gasteiger partial charge on any atom is 0.236 e. The van der Waals surface area contributed by atoms with E-state index >= 15 is 0 Å². The number of hydrogen-bond donors (Lipinski definition) is 3. The van der Waals surface area contributed by atoms with Crippen molar-refractivity contribution in [3.63, 3.8) is 0 Å². The largest absolute Gasteiger partial charge is 0.508 e. The van der Waals surface area contributed by atoms with Crippen molar-refractivity contribution < 1.29 is 19.8 Å². The summed E-state index contributed by atoms with van der Waals surface area (Å²) in [6.07, 6.45) is 1.34. The van der Waals surface area contributed by atoms with Gasteiger partial charge in [-0.3, -0.25) is 9.59 Å². The van der Waals surface area contributed by atoms with E-state index in [9.17, 15) is 19.8 Å². The predicted molar refractivity (Wildman–Crippen MR) is 117 cm³/mol. The molecule has 0 saturated heterocycles. The van der Waals surface area contributed by atoms with Gasteiger partial charge in [-0.1, -0.05) is 36.4 Å². The summed E-state index contributed by atoms with van der Waals surface area (Å²) in [6.45, 7) is 0. The van der Waals surface area contributed by atoms with Gasteiger partial charge < -0.3 is 15.5 Å². The van der Waals surface area contributed by atoms with Crippen LogP contribution in [0.4, 0.5) is 5.69 Å². The molecule has 0 radical (unpaired) electrons. The third-order valence-electron chi connectivity index (χ3n) is 5.16. The molecule has 0 fully saturated rings. The summed E-state index contributed by atoms with van der Waals surface area (Å²) < 4.78 is 0. The van der Waals surface area contributed by atoms with Crippen molar-refractivity contribution in [1.29, 1.82) is 0 Å². The van der Waals surface area contributed by atoms with Crippen LogP contribution in [0.2, 0.25) is 0 Å². The van der Waals surface area contributed by atoms with Crippen LogP contribution in [0.5, 0.6) is 11.5 Å². The van der Waals surface area contributed by atoms with Crippen LogP contribution in [0.3, 0.4) is 0 Å². The first-order valence-electron chi connectivity index (χ1n) is 9.68. The number of amides is 1. The SMILES string of the molecule is O=C(Nc1ccc(CCc2ccc(O)cc2O)cc1)C1CSc2ccccc2C1=O. The Bertz CT molecular complexity index is 1090. The van der Waals surface area contributed by atoms with E-state index in [1.54, 1.807) is 18.2 Å². The van der Waals surface area contributed by atoms with E-state index < -0.39 is 5.92 Å². The van der Waals surface area contributed by atoms with Gasteiger partial charge in [0.25, 0.3) is 0 Å². The van der Waals surface area contributed by atoms with Crippen molar-refractivity contribution >= 4 is 29.1 Å². The summed E-state index contributed by atoms with van der Waals surface area (Å²) >= 11 is 1.53. The molecule has 1 aliphatic heterocycles. The second-order valence-electron chi connectivity index (χ2n) is 7.22. The number of carbonyl (C=O) groups excluding carboxylic acids is 2. The number of rotatable bonds is 5. The highest BCUT2D eigenvalue weighted by Gasteiger charge is 2.33. The molecule has 5 nitrogen and oxygen atoms in total. The van der Waals surface area contributed by atoms with Gasteiger partial charge >= 0.3 is 0 Å². The minimum Gasteiger partial charge on any atom is -0.508 e. The molecule has 1 heterocycles. The molecule has 1 aliphatic rings. The van der Waals surface area contributed by atoms with Crippen molar-refractivity contribution in [2.45, 2.75) is 17.7 Å². The zero-order valence-electron chi connectivity index (χ0n) is 16.2. The Kier molecular flexibility index (Phi) is 5.77. The molecule has 152 valence electrons. The van der Waals surface area contributed by atoms with Gasteiger partial charge in [0.1, 0.15) is 17.4 Å². The molecule has 3 aromatic rings. The van der Waals surface area contributed by atoms with Gasteiger partial charge in [0.2, 0.25) is 5.91 Å². The van der Waals surface area contributed by atoms with Crippen molar-refractivity contribution in [2.75, 3.05) is 11.1 Å². The normalized spacial score (nSPS) is 15.5.